The molecule has 1 fully saturated rings. The van der Waals surface area contributed by atoms with Gasteiger partial charge in [0.1, 0.15) is 0 Å². The van der Waals surface area contributed by atoms with Crippen molar-refractivity contribution in [3.05, 3.63) is 12.2 Å². The van der Waals surface area contributed by atoms with Gasteiger partial charge in [-0.2, -0.15) is 0 Å². The van der Waals surface area contributed by atoms with E-state index in [0.717, 1.165) is 12.8 Å². The molecule has 0 saturated carbocycles. The predicted octanol–water partition coefficient (Wildman–Crippen LogP) is 3.24. The van der Waals surface area contributed by atoms with Crippen LogP contribution in [0.15, 0.2) is 12.2 Å². The summed E-state index contributed by atoms with van der Waals surface area (Å²) in [5.74, 6) is -0.304. The average molecular weight is 240 g/mol. The molecule has 0 unspecified atom stereocenters. The van der Waals surface area contributed by atoms with E-state index in [0.29, 0.717) is 26.1 Å². The molecular formula is C14H24O3. The van der Waals surface area contributed by atoms with Crippen LogP contribution in [0.25, 0.3) is 0 Å². The fourth-order valence-electron chi connectivity index (χ4n) is 1.89. The van der Waals surface area contributed by atoms with Crippen LogP contribution < -0.4 is 0 Å². The fraction of sp³-hybridized carbons (Fsp3) is 0.786. The van der Waals surface area contributed by atoms with Gasteiger partial charge in [-0.05, 0) is 19.4 Å². The third kappa shape index (κ3) is 5.99. The molecule has 0 amide bonds. The van der Waals surface area contributed by atoms with Gasteiger partial charge >= 0.3 is 0 Å². The molecule has 0 aliphatic carbocycles. The van der Waals surface area contributed by atoms with Gasteiger partial charge in [0, 0.05) is 12.8 Å². The standard InChI is InChI=1S/C14H24O3/c1-3-4-5-6-8-13(15)9-7-10-14(2)16-11-12-17-14/h7,9H,3-6,8,10-12H2,1-2H3. The van der Waals surface area contributed by atoms with Gasteiger partial charge in [-0.15, -0.1) is 0 Å². The van der Waals surface area contributed by atoms with E-state index in [4.69, 9.17) is 9.47 Å². The molecule has 0 aromatic heterocycles. The predicted molar refractivity (Wildman–Crippen MR) is 67.8 cm³/mol. The quantitative estimate of drug-likeness (QED) is 0.482. The highest BCUT2D eigenvalue weighted by Crippen LogP contribution is 2.22. The first-order valence-corrected chi connectivity index (χ1v) is 6.63. The van der Waals surface area contributed by atoms with E-state index >= 15 is 0 Å². The van der Waals surface area contributed by atoms with Crippen molar-refractivity contribution >= 4 is 5.78 Å². The van der Waals surface area contributed by atoms with E-state index in [1.807, 2.05) is 13.0 Å². The lowest BCUT2D eigenvalue weighted by Gasteiger charge is -2.19. The van der Waals surface area contributed by atoms with Crippen LogP contribution in [0.1, 0.15) is 52.4 Å². The molecule has 0 aromatic rings. The van der Waals surface area contributed by atoms with Crippen molar-refractivity contribution in [3.63, 3.8) is 0 Å². The monoisotopic (exact) mass is 240 g/mol. The Morgan fingerprint density at radius 2 is 1.94 bits per heavy atom. The Bertz CT molecular complexity index is 252. The summed E-state index contributed by atoms with van der Waals surface area (Å²) in [6.45, 7) is 5.38. The second-order valence-corrected chi connectivity index (χ2v) is 4.71. The van der Waals surface area contributed by atoms with E-state index < -0.39 is 5.79 Å². The maximum Gasteiger partial charge on any atom is 0.169 e. The summed E-state index contributed by atoms with van der Waals surface area (Å²) in [4.78, 5) is 11.5. The van der Waals surface area contributed by atoms with Crippen LogP contribution in [-0.2, 0) is 14.3 Å². The van der Waals surface area contributed by atoms with Crippen molar-refractivity contribution in [1.29, 1.82) is 0 Å². The number of allylic oxidation sites excluding steroid dienone is 1. The second kappa shape index (κ2) is 7.62. The van der Waals surface area contributed by atoms with Crippen molar-refractivity contribution in [2.45, 2.75) is 58.2 Å². The molecule has 17 heavy (non-hydrogen) atoms. The summed E-state index contributed by atoms with van der Waals surface area (Å²) in [5.41, 5.74) is 0. The minimum Gasteiger partial charge on any atom is -0.348 e. The third-order valence-electron chi connectivity index (χ3n) is 2.97. The summed E-state index contributed by atoms with van der Waals surface area (Å²) >= 11 is 0. The molecule has 0 aromatic carbocycles. The normalized spacial score (nSPS) is 18.9. The average Bonchev–Trinajstić information content (AvgIpc) is 2.72. The molecule has 0 bridgehead atoms. The molecule has 98 valence electrons. The Kier molecular flexibility index (Phi) is 6.45. The molecule has 0 atom stereocenters. The van der Waals surface area contributed by atoms with Crippen LogP contribution in [0.2, 0.25) is 0 Å². The summed E-state index contributed by atoms with van der Waals surface area (Å²) < 4.78 is 10.9. The molecule has 3 nitrogen and oxygen atoms in total. The summed E-state index contributed by atoms with van der Waals surface area (Å²) in [5, 5.41) is 0. The molecule has 0 spiro atoms. The number of hydrogen-bond acceptors (Lipinski definition) is 3. The van der Waals surface area contributed by atoms with Crippen molar-refractivity contribution in [2.24, 2.45) is 0 Å². The Labute approximate surface area is 104 Å². The van der Waals surface area contributed by atoms with Crippen LogP contribution in [-0.4, -0.2) is 24.8 Å². The lowest BCUT2D eigenvalue weighted by atomic mass is 10.1. The van der Waals surface area contributed by atoms with Crippen LogP contribution in [0.3, 0.4) is 0 Å². The first kappa shape index (κ1) is 14.4. The number of carbonyl (C=O) groups is 1. The lowest BCUT2D eigenvalue weighted by Crippen LogP contribution is -2.24. The van der Waals surface area contributed by atoms with Gasteiger partial charge in [0.05, 0.1) is 13.2 Å². The number of carbonyl (C=O) groups excluding carboxylic acids is 1. The summed E-state index contributed by atoms with van der Waals surface area (Å²) in [7, 11) is 0. The third-order valence-corrected chi connectivity index (χ3v) is 2.97. The van der Waals surface area contributed by atoms with Gasteiger partial charge in [-0.3, -0.25) is 4.79 Å². The molecule has 1 aliphatic heterocycles. The molecule has 0 N–H and O–H groups in total. The minimum atomic E-state index is -0.515. The molecule has 0 radical (unpaired) electrons. The van der Waals surface area contributed by atoms with Gasteiger partial charge in [0.15, 0.2) is 11.6 Å². The first-order valence-electron chi connectivity index (χ1n) is 6.63. The minimum absolute atomic E-state index is 0.211. The smallest absolute Gasteiger partial charge is 0.169 e. The number of ketones is 1. The number of unbranched alkanes of at least 4 members (excludes halogenated alkanes) is 3. The van der Waals surface area contributed by atoms with Gasteiger partial charge in [-0.25, -0.2) is 0 Å². The molecule has 1 heterocycles. The van der Waals surface area contributed by atoms with Crippen molar-refractivity contribution < 1.29 is 14.3 Å². The zero-order chi connectivity index (χ0) is 12.6. The van der Waals surface area contributed by atoms with E-state index in [-0.39, 0.29) is 5.78 Å². The van der Waals surface area contributed by atoms with E-state index in [2.05, 4.69) is 6.92 Å². The molecule has 1 saturated heterocycles. The topological polar surface area (TPSA) is 35.5 Å². The maximum absolute atomic E-state index is 11.5. The van der Waals surface area contributed by atoms with Crippen molar-refractivity contribution in [3.8, 4) is 0 Å². The van der Waals surface area contributed by atoms with Gasteiger partial charge < -0.3 is 9.47 Å². The summed E-state index contributed by atoms with van der Waals surface area (Å²) in [6.07, 6.45) is 9.42. The van der Waals surface area contributed by atoms with Gasteiger partial charge in [0.2, 0.25) is 0 Å². The Morgan fingerprint density at radius 3 is 2.59 bits per heavy atom. The second-order valence-electron chi connectivity index (χ2n) is 4.71. The first-order chi connectivity index (χ1) is 8.16. The maximum atomic E-state index is 11.5. The van der Waals surface area contributed by atoms with Crippen LogP contribution >= 0.6 is 0 Å². The molecular weight excluding hydrogens is 216 g/mol. The van der Waals surface area contributed by atoms with Crippen LogP contribution in [0, 0.1) is 0 Å². The lowest BCUT2D eigenvalue weighted by molar-refractivity contribution is -0.138. The largest absolute Gasteiger partial charge is 0.348 e. The Hall–Kier alpha value is -0.670. The Balaban J connectivity index is 2.12. The van der Waals surface area contributed by atoms with Crippen molar-refractivity contribution in [1.82, 2.24) is 0 Å². The van der Waals surface area contributed by atoms with E-state index in [9.17, 15) is 4.79 Å². The molecule has 1 rings (SSSR count). The van der Waals surface area contributed by atoms with Crippen LogP contribution in [0.5, 0.6) is 0 Å². The number of ether oxygens (including phenoxy) is 2. The zero-order valence-corrected chi connectivity index (χ0v) is 11.0. The van der Waals surface area contributed by atoms with Crippen LogP contribution in [0.4, 0.5) is 0 Å². The highest BCUT2D eigenvalue weighted by molar-refractivity contribution is 5.89. The highest BCUT2D eigenvalue weighted by atomic mass is 16.7. The summed E-state index contributed by atoms with van der Waals surface area (Å²) in [6, 6.07) is 0. The molecule has 1 aliphatic rings. The Morgan fingerprint density at radius 1 is 1.24 bits per heavy atom. The number of rotatable bonds is 8. The van der Waals surface area contributed by atoms with Gasteiger partial charge in [0.25, 0.3) is 0 Å². The van der Waals surface area contributed by atoms with Gasteiger partial charge in [-0.1, -0.05) is 32.3 Å². The number of hydrogen-bond donors (Lipinski definition) is 0. The highest BCUT2D eigenvalue weighted by Gasteiger charge is 2.29. The van der Waals surface area contributed by atoms with E-state index in [1.165, 1.54) is 12.8 Å². The zero-order valence-electron chi connectivity index (χ0n) is 11.0. The fourth-order valence-corrected chi connectivity index (χ4v) is 1.89. The van der Waals surface area contributed by atoms with E-state index in [1.54, 1.807) is 6.08 Å². The van der Waals surface area contributed by atoms with Crippen molar-refractivity contribution in [2.75, 3.05) is 13.2 Å². The molecule has 3 heteroatoms. The SMILES string of the molecule is CCCCCCC(=O)C=CCC1(C)OCCO1.